The normalized spacial score (nSPS) is 11.7. The number of pyridine rings is 2. The number of hydrogen-bond donors (Lipinski definition) is 1. The number of ether oxygens (including phenoxy) is 1. The maximum atomic E-state index is 13.4. The van der Waals surface area contributed by atoms with Crippen molar-refractivity contribution in [3.05, 3.63) is 106 Å². The van der Waals surface area contributed by atoms with Gasteiger partial charge in [0.05, 0.1) is 36.3 Å². The average Bonchev–Trinajstić information content (AvgIpc) is 3.38. The molecule has 0 aliphatic rings. The quantitative estimate of drug-likeness (QED) is 0.262. The highest BCUT2D eigenvalue weighted by Gasteiger charge is 2.23. The molecule has 3 aromatic heterocycles. The summed E-state index contributed by atoms with van der Waals surface area (Å²) >= 11 is 6.15. The van der Waals surface area contributed by atoms with Crippen LogP contribution in [-0.4, -0.2) is 27.0 Å². The number of carbonyl (C=O) groups is 1. The summed E-state index contributed by atoms with van der Waals surface area (Å²) in [6, 6.07) is 16.9. The van der Waals surface area contributed by atoms with E-state index in [2.05, 4.69) is 16.4 Å². The molecule has 0 aliphatic heterocycles. The van der Waals surface area contributed by atoms with Gasteiger partial charge in [0.2, 0.25) is 5.91 Å². The molecule has 5 rings (SSSR count). The highest BCUT2D eigenvalue weighted by Crippen LogP contribution is 2.33. The zero-order valence-corrected chi connectivity index (χ0v) is 22.3. The van der Waals surface area contributed by atoms with E-state index in [0.29, 0.717) is 50.9 Å². The van der Waals surface area contributed by atoms with E-state index < -0.39 is 17.5 Å². The monoisotopic (exact) mass is 555 g/mol. The Balaban J connectivity index is 1.44. The fraction of sp³-hybridized carbons (Fsp3) is 0.133. The summed E-state index contributed by atoms with van der Waals surface area (Å²) in [6.45, 7) is 1.80. The lowest BCUT2D eigenvalue weighted by Crippen LogP contribution is -2.32. The lowest BCUT2D eigenvalue weighted by molar-refractivity contribution is -0.119. The van der Waals surface area contributed by atoms with Gasteiger partial charge in [-0.3, -0.25) is 14.2 Å². The molecule has 1 amide bonds. The third-order valence-electron chi connectivity index (χ3n) is 6.54. The van der Waals surface area contributed by atoms with Crippen molar-refractivity contribution in [1.82, 2.24) is 14.0 Å². The number of benzene rings is 2. The molecule has 1 unspecified atom stereocenters. The first kappa shape index (κ1) is 26.7. The number of amides is 1. The van der Waals surface area contributed by atoms with Crippen LogP contribution in [0.1, 0.15) is 24.9 Å². The van der Waals surface area contributed by atoms with Crippen LogP contribution in [0, 0.1) is 17.1 Å². The van der Waals surface area contributed by atoms with Gasteiger partial charge in [-0.25, -0.2) is 9.37 Å². The molecule has 200 valence electrons. The molecule has 0 bridgehead atoms. The molecule has 10 heteroatoms. The first-order valence-corrected chi connectivity index (χ1v) is 12.7. The fourth-order valence-corrected chi connectivity index (χ4v) is 4.71. The molecule has 0 radical (unpaired) electrons. The summed E-state index contributed by atoms with van der Waals surface area (Å²) in [5.41, 5.74) is 3.35. The Labute approximate surface area is 233 Å². The smallest absolute Gasteiger partial charge is 0.252 e. The van der Waals surface area contributed by atoms with Gasteiger partial charge < -0.3 is 14.5 Å². The number of anilines is 1. The number of nitrogens with zero attached hydrogens (tertiary/aromatic N) is 4. The molecule has 8 nitrogen and oxygen atoms in total. The number of imidazole rings is 1. The molecular formula is C30H23ClFN5O3. The summed E-state index contributed by atoms with van der Waals surface area (Å²) in [7, 11) is 1.45. The van der Waals surface area contributed by atoms with Crippen molar-refractivity contribution in [3.8, 4) is 34.2 Å². The van der Waals surface area contributed by atoms with E-state index >= 15 is 0 Å². The second-order valence-electron chi connectivity index (χ2n) is 9.03. The van der Waals surface area contributed by atoms with Crippen LogP contribution < -0.4 is 15.6 Å². The Kier molecular flexibility index (Phi) is 7.36. The van der Waals surface area contributed by atoms with Crippen LogP contribution in [0.15, 0.2) is 84.0 Å². The molecule has 0 saturated heterocycles. The van der Waals surface area contributed by atoms with Gasteiger partial charge >= 0.3 is 0 Å². The standard InChI is InChI=1S/C30H23ClFN5O3/c1-3-26(37-17-27(40-2)24(13-29(37)38)23-12-20(31)7-4-19(23)14-33)30(39)34-22-10-11-28-35-25(16-36(28)15-22)18-5-8-21(32)9-6-18/h4-13,15-17,26H,3H2,1-2H3,(H,34,39). The predicted octanol–water partition coefficient (Wildman–Crippen LogP) is 6.09. The number of fused-ring (bicyclic) bond motifs is 1. The topological polar surface area (TPSA) is 101 Å². The highest BCUT2D eigenvalue weighted by molar-refractivity contribution is 6.31. The summed E-state index contributed by atoms with van der Waals surface area (Å²) in [5.74, 6) is -0.401. The second-order valence-corrected chi connectivity index (χ2v) is 9.47. The van der Waals surface area contributed by atoms with Crippen LogP contribution in [0.4, 0.5) is 10.1 Å². The van der Waals surface area contributed by atoms with Gasteiger partial charge in [0.15, 0.2) is 0 Å². The lowest BCUT2D eigenvalue weighted by atomic mass is 10.00. The second kappa shape index (κ2) is 11.0. The molecule has 2 aromatic carbocycles. The number of nitrogens with one attached hydrogen (secondary N) is 1. The summed E-state index contributed by atoms with van der Waals surface area (Å²) in [6.07, 6.45) is 5.31. The van der Waals surface area contributed by atoms with Gasteiger partial charge in [-0.05, 0) is 61.0 Å². The van der Waals surface area contributed by atoms with E-state index in [0.717, 1.165) is 5.56 Å². The number of methoxy groups -OCH3 is 1. The molecule has 40 heavy (non-hydrogen) atoms. The number of hydrogen-bond acceptors (Lipinski definition) is 5. The fourth-order valence-electron chi connectivity index (χ4n) is 4.54. The molecule has 1 atom stereocenters. The average molecular weight is 556 g/mol. The molecule has 1 N–H and O–H groups in total. The van der Waals surface area contributed by atoms with Crippen LogP contribution in [-0.2, 0) is 4.79 Å². The Bertz CT molecular complexity index is 1840. The minimum atomic E-state index is -0.835. The summed E-state index contributed by atoms with van der Waals surface area (Å²) in [5, 5.41) is 12.8. The van der Waals surface area contributed by atoms with E-state index in [-0.39, 0.29) is 5.82 Å². The van der Waals surface area contributed by atoms with Crippen molar-refractivity contribution in [2.24, 2.45) is 0 Å². The van der Waals surface area contributed by atoms with Crippen LogP contribution in [0.3, 0.4) is 0 Å². The Morgan fingerprint density at radius 1 is 1.10 bits per heavy atom. The third-order valence-corrected chi connectivity index (χ3v) is 6.78. The van der Waals surface area contributed by atoms with Gasteiger partial charge in [0, 0.05) is 40.2 Å². The molecule has 0 aliphatic carbocycles. The number of rotatable bonds is 7. The van der Waals surface area contributed by atoms with Gasteiger partial charge in [0.25, 0.3) is 5.56 Å². The first-order chi connectivity index (χ1) is 19.3. The minimum absolute atomic E-state index is 0.317. The summed E-state index contributed by atoms with van der Waals surface area (Å²) in [4.78, 5) is 31.1. The van der Waals surface area contributed by atoms with Gasteiger partial charge in [-0.1, -0.05) is 18.5 Å². The first-order valence-electron chi connectivity index (χ1n) is 12.4. The van der Waals surface area contributed by atoms with E-state index in [1.807, 2.05) is 0 Å². The molecular weight excluding hydrogens is 533 g/mol. The van der Waals surface area contributed by atoms with Gasteiger partial charge in [-0.15, -0.1) is 0 Å². The van der Waals surface area contributed by atoms with Crippen molar-refractivity contribution in [2.45, 2.75) is 19.4 Å². The zero-order valence-electron chi connectivity index (χ0n) is 21.6. The minimum Gasteiger partial charge on any atom is -0.495 e. The van der Waals surface area contributed by atoms with Crippen LogP contribution >= 0.6 is 11.6 Å². The number of carbonyl (C=O) groups excluding carboxylic acids is 1. The van der Waals surface area contributed by atoms with Gasteiger partial charge in [-0.2, -0.15) is 5.26 Å². The van der Waals surface area contributed by atoms with Crippen molar-refractivity contribution >= 4 is 28.8 Å². The molecule has 0 spiro atoms. The van der Waals surface area contributed by atoms with Gasteiger partial charge in [0.1, 0.15) is 23.3 Å². The predicted molar refractivity (Wildman–Crippen MR) is 151 cm³/mol. The van der Waals surface area contributed by atoms with E-state index in [9.17, 15) is 19.2 Å². The van der Waals surface area contributed by atoms with E-state index in [1.165, 1.54) is 36.1 Å². The third kappa shape index (κ3) is 5.17. The molecule has 3 heterocycles. The van der Waals surface area contributed by atoms with Crippen molar-refractivity contribution in [2.75, 3.05) is 12.4 Å². The van der Waals surface area contributed by atoms with Crippen molar-refractivity contribution < 1.29 is 13.9 Å². The van der Waals surface area contributed by atoms with Crippen LogP contribution in [0.25, 0.3) is 28.0 Å². The number of halogens is 2. The number of aromatic nitrogens is 3. The number of nitriles is 1. The van der Waals surface area contributed by atoms with E-state index in [1.54, 1.807) is 66.2 Å². The molecule has 5 aromatic rings. The Hall–Kier alpha value is -4.94. The van der Waals surface area contributed by atoms with Crippen molar-refractivity contribution in [1.29, 1.82) is 5.26 Å². The molecule has 0 fully saturated rings. The highest BCUT2D eigenvalue weighted by atomic mass is 35.5. The Morgan fingerprint density at radius 2 is 1.88 bits per heavy atom. The maximum absolute atomic E-state index is 13.4. The SMILES string of the molecule is CCC(C(=O)Nc1ccc2nc(-c3ccc(F)cc3)cn2c1)n1cc(OC)c(-c2cc(Cl)ccc2C#N)cc1=O. The molecule has 0 saturated carbocycles. The lowest BCUT2D eigenvalue weighted by Gasteiger charge is -2.20. The van der Waals surface area contributed by atoms with Crippen LogP contribution in [0.5, 0.6) is 5.75 Å². The Morgan fingerprint density at radius 3 is 2.58 bits per heavy atom. The zero-order chi connectivity index (χ0) is 28.4. The van der Waals surface area contributed by atoms with Crippen molar-refractivity contribution in [3.63, 3.8) is 0 Å². The largest absolute Gasteiger partial charge is 0.495 e. The van der Waals surface area contributed by atoms with Crippen LogP contribution in [0.2, 0.25) is 5.02 Å². The van der Waals surface area contributed by atoms with E-state index in [4.69, 9.17) is 16.3 Å². The maximum Gasteiger partial charge on any atom is 0.252 e. The summed E-state index contributed by atoms with van der Waals surface area (Å²) < 4.78 is 21.9.